The smallest absolute Gasteiger partial charge is 0.326 e. The van der Waals surface area contributed by atoms with Crippen molar-refractivity contribution in [2.45, 2.75) is 18.6 Å². The van der Waals surface area contributed by atoms with E-state index in [1.807, 2.05) is 0 Å². The van der Waals surface area contributed by atoms with Crippen molar-refractivity contribution in [3.8, 4) is 0 Å². The van der Waals surface area contributed by atoms with Gasteiger partial charge in [-0.15, -0.1) is 5.10 Å². The van der Waals surface area contributed by atoms with Crippen LogP contribution in [0.15, 0.2) is 0 Å². The molecular formula is C8H12N6O4. The van der Waals surface area contributed by atoms with Gasteiger partial charge >= 0.3 is 12.0 Å². The number of carbonyl (C=O) groups is 2. The lowest BCUT2D eigenvalue weighted by atomic mass is 10.2. The number of urea groups is 1. The maximum Gasteiger partial charge on any atom is 0.326 e. The van der Waals surface area contributed by atoms with E-state index in [1.54, 1.807) is 0 Å². The molecule has 1 aromatic rings. The number of carbonyl (C=O) groups excluding carboxylic acids is 1. The van der Waals surface area contributed by atoms with Crippen LogP contribution in [0.3, 0.4) is 0 Å². The summed E-state index contributed by atoms with van der Waals surface area (Å²) in [6.07, 6.45) is -0.830. The van der Waals surface area contributed by atoms with Crippen LogP contribution in [0.2, 0.25) is 0 Å². The maximum atomic E-state index is 11.8. The summed E-state index contributed by atoms with van der Waals surface area (Å²) in [6.45, 7) is -0.0386. The fraction of sp³-hybridized carbons (Fsp3) is 0.625. The van der Waals surface area contributed by atoms with Crippen LogP contribution in [0.25, 0.3) is 0 Å². The number of aliphatic hydroxyl groups is 1. The Labute approximate surface area is 101 Å². The van der Waals surface area contributed by atoms with Crippen molar-refractivity contribution in [2.24, 2.45) is 7.05 Å². The van der Waals surface area contributed by atoms with Gasteiger partial charge in [0.15, 0.2) is 0 Å². The molecule has 18 heavy (non-hydrogen) atoms. The number of hydrogen-bond acceptors (Lipinski definition) is 6. The molecule has 1 saturated heterocycles. The number of hydrogen-bond donors (Lipinski definition) is 3. The Morgan fingerprint density at radius 2 is 2.22 bits per heavy atom. The molecule has 0 saturated carbocycles. The molecule has 1 aliphatic rings. The van der Waals surface area contributed by atoms with E-state index in [-0.39, 0.29) is 18.9 Å². The number of aryl methyl sites for hydroxylation is 1. The van der Waals surface area contributed by atoms with Gasteiger partial charge in [0.1, 0.15) is 6.04 Å². The molecule has 10 heteroatoms. The molecule has 2 atom stereocenters. The van der Waals surface area contributed by atoms with Gasteiger partial charge in [0.25, 0.3) is 5.95 Å². The van der Waals surface area contributed by atoms with E-state index < -0.39 is 24.1 Å². The summed E-state index contributed by atoms with van der Waals surface area (Å²) < 4.78 is 0. The minimum Gasteiger partial charge on any atom is -0.480 e. The van der Waals surface area contributed by atoms with Crippen molar-refractivity contribution in [1.29, 1.82) is 0 Å². The van der Waals surface area contributed by atoms with Gasteiger partial charge in [0.2, 0.25) is 0 Å². The van der Waals surface area contributed by atoms with Crippen molar-refractivity contribution < 1.29 is 19.8 Å². The van der Waals surface area contributed by atoms with Gasteiger partial charge in [-0.1, -0.05) is 5.10 Å². The van der Waals surface area contributed by atoms with E-state index in [4.69, 9.17) is 5.11 Å². The minimum absolute atomic E-state index is 0.0106. The molecule has 0 unspecified atom stereocenters. The van der Waals surface area contributed by atoms with Crippen molar-refractivity contribution in [1.82, 2.24) is 25.1 Å². The van der Waals surface area contributed by atoms with Gasteiger partial charge in [0, 0.05) is 13.0 Å². The first-order chi connectivity index (χ1) is 8.47. The average molecular weight is 256 g/mol. The molecule has 98 valence electrons. The predicted octanol–water partition coefficient (Wildman–Crippen LogP) is -1.74. The highest BCUT2D eigenvalue weighted by Gasteiger charge is 2.39. The number of nitrogens with one attached hydrogen (secondary N) is 1. The molecule has 1 aliphatic heterocycles. The van der Waals surface area contributed by atoms with Crippen molar-refractivity contribution in [3.63, 3.8) is 0 Å². The van der Waals surface area contributed by atoms with Gasteiger partial charge in [-0.25, -0.2) is 9.59 Å². The number of carboxylic acid groups (broad SMARTS) is 1. The van der Waals surface area contributed by atoms with Crippen molar-refractivity contribution in [3.05, 3.63) is 0 Å². The van der Waals surface area contributed by atoms with Crippen LogP contribution in [-0.4, -0.2) is 66.0 Å². The third kappa shape index (κ3) is 2.37. The lowest BCUT2D eigenvalue weighted by Gasteiger charge is -2.20. The number of aliphatic carboxylic acids is 1. The number of carboxylic acids is 1. The first kappa shape index (κ1) is 12.2. The monoisotopic (exact) mass is 256 g/mol. The van der Waals surface area contributed by atoms with E-state index in [9.17, 15) is 14.7 Å². The Bertz CT molecular complexity index is 474. The number of tetrazole rings is 1. The zero-order valence-electron chi connectivity index (χ0n) is 9.52. The maximum absolute atomic E-state index is 11.8. The van der Waals surface area contributed by atoms with Gasteiger partial charge < -0.3 is 15.1 Å². The number of nitrogens with zero attached hydrogens (tertiary/aromatic N) is 5. The Morgan fingerprint density at radius 3 is 2.78 bits per heavy atom. The highest BCUT2D eigenvalue weighted by atomic mass is 16.4. The summed E-state index contributed by atoms with van der Waals surface area (Å²) in [4.78, 5) is 24.9. The topological polar surface area (TPSA) is 133 Å². The zero-order valence-corrected chi connectivity index (χ0v) is 9.52. The Morgan fingerprint density at radius 1 is 1.50 bits per heavy atom. The Balaban J connectivity index is 2.06. The zero-order chi connectivity index (χ0) is 13.3. The van der Waals surface area contributed by atoms with Crippen LogP contribution in [-0.2, 0) is 11.8 Å². The number of amides is 2. The van der Waals surface area contributed by atoms with Crippen LogP contribution in [0.4, 0.5) is 10.7 Å². The highest BCUT2D eigenvalue weighted by molar-refractivity contribution is 5.91. The van der Waals surface area contributed by atoms with Crippen molar-refractivity contribution >= 4 is 17.9 Å². The van der Waals surface area contributed by atoms with Crippen LogP contribution >= 0.6 is 0 Å². The SMILES string of the molecule is Cn1nnc(NC(=O)N2C[C@H](O)C[C@@H]2C(=O)O)n1. The minimum atomic E-state index is -1.16. The largest absolute Gasteiger partial charge is 0.480 e. The molecule has 0 spiro atoms. The van der Waals surface area contributed by atoms with Gasteiger partial charge in [-0.05, 0) is 5.21 Å². The fourth-order valence-electron chi connectivity index (χ4n) is 1.77. The van der Waals surface area contributed by atoms with Gasteiger partial charge in [-0.3, -0.25) is 5.32 Å². The van der Waals surface area contributed by atoms with Crippen molar-refractivity contribution in [2.75, 3.05) is 11.9 Å². The van der Waals surface area contributed by atoms with Crippen LogP contribution < -0.4 is 5.32 Å². The van der Waals surface area contributed by atoms with E-state index in [1.165, 1.54) is 7.05 Å². The Hall–Kier alpha value is -2.23. The van der Waals surface area contributed by atoms with Crippen LogP contribution in [0, 0.1) is 0 Å². The number of β-amino-alcohol motifs (C(OH)–C–C–N with tert-alkyl or cyclic N) is 1. The molecule has 1 aromatic heterocycles. The summed E-state index contributed by atoms with van der Waals surface area (Å²) in [6, 6.07) is -1.72. The molecule has 0 bridgehead atoms. The van der Waals surface area contributed by atoms with E-state index in [2.05, 4.69) is 20.7 Å². The molecule has 3 N–H and O–H groups in total. The number of aliphatic hydroxyl groups excluding tert-OH is 1. The lowest BCUT2D eigenvalue weighted by molar-refractivity contribution is -0.141. The number of rotatable bonds is 2. The summed E-state index contributed by atoms with van der Waals surface area (Å²) in [7, 11) is 1.53. The highest BCUT2D eigenvalue weighted by Crippen LogP contribution is 2.18. The average Bonchev–Trinajstić information content (AvgIpc) is 2.85. The first-order valence-electron chi connectivity index (χ1n) is 5.20. The summed E-state index contributed by atoms with van der Waals surface area (Å²) in [5.41, 5.74) is 0. The molecule has 1 fully saturated rings. The second kappa shape index (κ2) is 4.56. The molecule has 10 nitrogen and oxygen atoms in total. The van der Waals surface area contributed by atoms with Gasteiger partial charge in [-0.2, -0.15) is 4.80 Å². The molecule has 0 aliphatic carbocycles. The Kier molecular flexibility index (Phi) is 3.10. The second-order valence-electron chi connectivity index (χ2n) is 3.93. The summed E-state index contributed by atoms with van der Waals surface area (Å²) in [5.74, 6) is -1.18. The van der Waals surface area contributed by atoms with E-state index in [0.29, 0.717) is 0 Å². The van der Waals surface area contributed by atoms with E-state index in [0.717, 1.165) is 9.70 Å². The number of likely N-dealkylation sites (tertiary alicyclic amines) is 1. The predicted molar refractivity (Wildman–Crippen MR) is 56.6 cm³/mol. The summed E-state index contributed by atoms with van der Waals surface area (Å²) in [5, 5.41) is 31.5. The first-order valence-corrected chi connectivity index (χ1v) is 5.20. The molecule has 2 heterocycles. The normalized spacial score (nSPS) is 23.1. The molecule has 0 aromatic carbocycles. The quantitative estimate of drug-likeness (QED) is 0.572. The van der Waals surface area contributed by atoms with Crippen LogP contribution in [0.5, 0.6) is 0 Å². The third-order valence-electron chi connectivity index (χ3n) is 2.55. The molecule has 0 radical (unpaired) electrons. The number of anilines is 1. The second-order valence-corrected chi connectivity index (χ2v) is 3.93. The third-order valence-corrected chi connectivity index (χ3v) is 2.55. The summed E-state index contributed by atoms with van der Waals surface area (Å²) >= 11 is 0. The molecule has 2 amide bonds. The fourth-order valence-corrected chi connectivity index (χ4v) is 1.77. The van der Waals surface area contributed by atoms with Gasteiger partial charge in [0.05, 0.1) is 13.2 Å². The molecular weight excluding hydrogens is 244 g/mol. The molecule has 2 rings (SSSR count). The lowest BCUT2D eigenvalue weighted by Crippen LogP contribution is -2.43. The number of aromatic nitrogens is 4. The van der Waals surface area contributed by atoms with E-state index >= 15 is 0 Å². The van der Waals surface area contributed by atoms with Crippen LogP contribution in [0.1, 0.15) is 6.42 Å². The standard InChI is InChI=1S/C8H12N6O4/c1-13-11-7(10-12-13)9-8(18)14-3-4(15)2-5(14)6(16)17/h4-5,15H,2-3H2,1H3,(H,16,17)(H,9,11,18)/t4-,5-/m1/s1.